The number of nitro groups is 1. The number of amides is 1. The number of hydrogen-bond acceptors (Lipinski definition) is 3. The first-order valence-corrected chi connectivity index (χ1v) is 6.94. The van der Waals surface area contributed by atoms with E-state index in [1.54, 1.807) is 12.1 Å². The van der Waals surface area contributed by atoms with Crippen LogP contribution in [0.15, 0.2) is 53.0 Å². The second-order valence-corrected chi connectivity index (χ2v) is 5.12. The molecule has 0 aliphatic carbocycles. The zero-order valence-electron chi connectivity index (χ0n) is 11.1. The first kappa shape index (κ1) is 15.8. The number of rotatable bonds is 4. The third-order valence-electron chi connectivity index (χ3n) is 2.74. The van der Waals surface area contributed by atoms with E-state index in [0.29, 0.717) is 0 Å². The van der Waals surface area contributed by atoms with Crippen molar-refractivity contribution in [3.63, 3.8) is 0 Å². The van der Waals surface area contributed by atoms with Gasteiger partial charge >= 0.3 is 0 Å². The third-order valence-corrected chi connectivity index (χ3v) is 3.46. The standard InChI is InChI=1S/C15H10BrFN2O3/c16-12-4-2-1-3-10(12)5-8-15(20)18-14-9-11(19(21)22)6-7-13(14)17/h1-9H,(H,18,20). The quantitative estimate of drug-likeness (QED) is 0.503. The molecule has 0 heterocycles. The van der Waals surface area contributed by atoms with Gasteiger partial charge in [0, 0.05) is 22.7 Å². The third kappa shape index (κ3) is 3.98. The summed E-state index contributed by atoms with van der Waals surface area (Å²) < 4.78 is 14.4. The van der Waals surface area contributed by atoms with E-state index >= 15 is 0 Å². The highest BCUT2D eigenvalue weighted by Crippen LogP contribution is 2.21. The molecule has 0 spiro atoms. The molecule has 0 saturated carbocycles. The van der Waals surface area contributed by atoms with Gasteiger partial charge in [-0.2, -0.15) is 0 Å². The molecule has 2 aromatic carbocycles. The predicted octanol–water partition coefficient (Wildman–Crippen LogP) is 4.15. The Hall–Kier alpha value is -2.54. The van der Waals surface area contributed by atoms with Crippen LogP contribution >= 0.6 is 15.9 Å². The summed E-state index contributed by atoms with van der Waals surface area (Å²) in [5.74, 6) is -1.33. The van der Waals surface area contributed by atoms with Crippen molar-refractivity contribution in [2.45, 2.75) is 0 Å². The second-order valence-electron chi connectivity index (χ2n) is 4.27. The SMILES string of the molecule is O=C(C=Cc1ccccc1Br)Nc1cc([N+](=O)[O-])ccc1F. The summed E-state index contributed by atoms with van der Waals surface area (Å²) in [4.78, 5) is 21.8. The van der Waals surface area contributed by atoms with Crippen LogP contribution < -0.4 is 5.32 Å². The van der Waals surface area contributed by atoms with Crippen molar-refractivity contribution >= 4 is 39.3 Å². The first-order chi connectivity index (χ1) is 10.5. The van der Waals surface area contributed by atoms with Crippen molar-refractivity contribution in [1.82, 2.24) is 0 Å². The molecule has 1 amide bonds. The van der Waals surface area contributed by atoms with Gasteiger partial charge in [0.15, 0.2) is 0 Å². The first-order valence-electron chi connectivity index (χ1n) is 6.15. The summed E-state index contributed by atoms with van der Waals surface area (Å²) in [7, 11) is 0. The molecule has 0 bridgehead atoms. The van der Waals surface area contributed by atoms with E-state index in [-0.39, 0.29) is 11.4 Å². The Labute approximate surface area is 133 Å². The molecule has 0 aliphatic heterocycles. The highest BCUT2D eigenvalue weighted by molar-refractivity contribution is 9.10. The van der Waals surface area contributed by atoms with Crippen LogP contribution in [0.3, 0.4) is 0 Å². The minimum absolute atomic E-state index is 0.240. The predicted molar refractivity (Wildman–Crippen MR) is 84.9 cm³/mol. The Bertz CT molecular complexity index is 762. The number of carbonyl (C=O) groups excluding carboxylic acids is 1. The van der Waals surface area contributed by atoms with Crippen molar-refractivity contribution in [3.8, 4) is 0 Å². The number of nitrogens with zero attached hydrogens (tertiary/aromatic N) is 1. The van der Waals surface area contributed by atoms with Crippen molar-refractivity contribution in [1.29, 1.82) is 0 Å². The fourth-order valence-electron chi connectivity index (χ4n) is 1.67. The van der Waals surface area contributed by atoms with Crippen LogP contribution in [0.5, 0.6) is 0 Å². The fourth-order valence-corrected chi connectivity index (χ4v) is 2.09. The fraction of sp³-hybridized carbons (Fsp3) is 0. The molecule has 112 valence electrons. The number of anilines is 1. The average Bonchev–Trinajstić information content (AvgIpc) is 2.48. The van der Waals surface area contributed by atoms with Gasteiger partial charge in [0.25, 0.3) is 5.69 Å². The molecule has 22 heavy (non-hydrogen) atoms. The van der Waals surface area contributed by atoms with Crippen LogP contribution in [0.4, 0.5) is 15.8 Å². The lowest BCUT2D eigenvalue weighted by molar-refractivity contribution is -0.384. The van der Waals surface area contributed by atoms with E-state index in [1.807, 2.05) is 18.2 Å². The topological polar surface area (TPSA) is 72.2 Å². The highest BCUT2D eigenvalue weighted by atomic mass is 79.9. The zero-order chi connectivity index (χ0) is 16.1. The smallest absolute Gasteiger partial charge is 0.271 e. The summed E-state index contributed by atoms with van der Waals surface area (Å²) in [6, 6.07) is 10.2. The average molecular weight is 365 g/mol. The Kier molecular flexibility index (Phi) is 5.00. The molecule has 0 atom stereocenters. The second kappa shape index (κ2) is 6.95. The maximum atomic E-state index is 13.6. The summed E-state index contributed by atoms with van der Waals surface area (Å²) in [5, 5.41) is 12.9. The van der Waals surface area contributed by atoms with Crippen LogP contribution in [-0.4, -0.2) is 10.8 Å². The van der Waals surface area contributed by atoms with Gasteiger partial charge in [-0.05, 0) is 23.8 Å². The summed E-state index contributed by atoms with van der Waals surface area (Å²) >= 11 is 3.33. The van der Waals surface area contributed by atoms with Crippen LogP contribution in [0.2, 0.25) is 0 Å². The van der Waals surface area contributed by atoms with Crippen molar-refractivity contribution in [2.75, 3.05) is 5.32 Å². The van der Waals surface area contributed by atoms with E-state index in [4.69, 9.17) is 0 Å². The molecular weight excluding hydrogens is 355 g/mol. The van der Waals surface area contributed by atoms with Gasteiger partial charge in [0.05, 0.1) is 10.6 Å². The number of benzene rings is 2. The molecule has 0 aromatic heterocycles. The van der Waals surface area contributed by atoms with Gasteiger partial charge < -0.3 is 5.32 Å². The molecule has 1 N–H and O–H groups in total. The summed E-state index contributed by atoms with van der Waals surface area (Å²) in [6.07, 6.45) is 2.77. The summed E-state index contributed by atoms with van der Waals surface area (Å²) in [5.41, 5.74) is 0.236. The maximum Gasteiger partial charge on any atom is 0.271 e. The van der Waals surface area contributed by atoms with Crippen molar-refractivity contribution < 1.29 is 14.1 Å². The number of carbonyl (C=O) groups is 1. The van der Waals surface area contributed by atoms with E-state index < -0.39 is 16.6 Å². The van der Waals surface area contributed by atoms with E-state index in [0.717, 1.165) is 28.2 Å². The largest absolute Gasteiger partial charge is 0.320 e. The molecule has 0 radical (unpaired) electrons. The Morgan fingerprint density at radius 3 is 2.68 bits per heavy atom. The lowest BCUT2D eigenvalue weighted by Crippen LogP contribution is -2.09. The molecule has 2 aromatic rings. The van der Waals surface area contributed by atoms with Gasteiger partial charge in [-0.3, -0.25) is 14.9 Å². The Morgan fingerprint density at radius 2 is 2.00 bits per heavy atom. The number of halogens is 2. The van der Waals surface area contributed by atoms with Crippen LogP contribution in [0.1, 0.15) is 5.56 Å². The molecule has 0 unspecified atom stereocenters. The zero-order valence-corrected chi connectivity index (χ0v) is 12.7. The molecular formula is C15H10BrFN2O3. The van der Waals surface area contributed by atoms with E-state index in [1.165, 1.54) is 6.08 Å². The Morgan fingerprint density at radius 1 is 1.27 bits per heavy atom. The normalized spacial score (nSPS) is 10.6. The lowest BCUT2D eigenvalue weighted by Gasteiger charge is -2.03. The monoisotopic (exact) mass is 364 g/mol. The van der Waals surface area contributed by atoms with Crippen LogP contribution in [-0.2, 0) is 4.79 Å². The molecule has 0 aliphatic rings. The minimum atomic E-state index is -0.742. The maximum absolute atomic E-state index is 13.6. The van der Waals surface area contributed by atoms with E-state index in [9.17, 15) is 19.3 Å². The number of non-ortho nitro benzene ring substituents is 1. The number of nitro benzene ring substituents is 1. The van der Waals surface area contributed by atoms with Crippen LogP contribution in [0, 0.1) is 15.9 Å². The number of nitrogens with one attached hydrogen (secondary N) is 1. The van der Waals surface area contributed by atoms with Crippen LogP contribution in [0.25, 0.3) is 6.08 Å². The van der Waals surface area contributed by atoms with Gasteiger partial charge in [0.1, 0.15) is 5.82 Å². The molecule has 7 heteroatoms. The molecule has 0 saturated heterocycles. The van der Waals surface area contributed by atoms with Gasteiger partial charge in [0.2, 0.25) is 5.91 Å². The van der Waals surface area contributed by atoms with Gasteiger partial charge in [-0.15, -0.1) is 0 Å². The highest BCUT2D eigenvalue weighted by Gasteiger charge is 2.12. The van der Waals surface area contributed by atoms with E-state index in [2.05, 4.69) is 21.2 Å². The van der Waals surface area contributed by atoms with Crippen molar-refractivity contribution in [3.05, 3.63) is 74.5 Å². The number of hydrogen-bond donors (Lipinski definition) is 1. The Balaban J connectivity index is 2.14. The molecule has 0 fully saturated rings. The van der Waals surface area contributed by atoms with Crippen molar-refractivity contribution in [2.24, 2.45) is 0 Å². The molecule has 2 rings (SSSR count). The van der Waals surface area contributed by atoms with Gasteiger partial charge in [-0.1, -0.05) is 34.1 Å². The van der Waals surface area contributed by atoms with Gasteiger partial charge in [-0.25, -0.2) is 4.39 Å². The lowest BCUT2D eigenvalue weighted by atomic mass is 10.2. The molecule has 5 nitrogen and oxygen atoms in total. The summed E-state index contributed by atoms with van der Waals surface area (Å²) in [6.45, 7) is 0. The minimum Gasteiger partial charge on any atom is -0.320 e.